The lowest BCUT2D eigenvalue weighted by atomic mass is 10.1. The zero-order chi connectivity index (χ0) is 16.9. The van der Waals surface area contributed by atoms with E-state index >= 15 is 0 Å². The number of imidazole rings is 1. The Morgan fingerprint density at radius 2 is 2.21 bits per heavy atom. The van der Waals surface area contributed by atoms with Crippen molar-refractivity contribution < 1.29 is 14.3 Å². The van der Waals surface area contributed by atoms with Crippen LogP contribution in [0.4, 0.5) is 0 Å². The number of rotatable bonds is 6. The van der Waals surface area contributed by atoms with Gasteiger partial charge in [-0.15, -0.1) is 0 Å². The summed E-state index contributed by atoms with van der Waals surface area (Å²) in [7, 11) is 1.84. The van der Waals surface area contributed by atoms with Gasteiger partial charge in [-0.25, -0.2) is 4.98 Å². The Labute approximate surface area is 142 Å². The van der Waals surface area contributed by atoms with E-state index in [2.05, 4.69) is 4.98 Å². The number of aryl methyl sites for hydroxylation is 1. The van der Waals surface area contributed by atoms with Crippen molar-refractivity contribution in [3.63, 3.8) is 0 Å². The molecule has 0 unspecified atom stereocenters. The highest BCUT2D eigenvalue weighted by Gasteiger charge is 2.28. The molecule has 1 aromatic heterocycles. The van der Waals surface area contributed by atoms with Crippen LogP contribution in [0, 0.1) is 0 Å². The Kier molecular flexibility index (Phi) is 5.50. The van der Waals surface area contributed by atoms with Crippen molar-refractivity contribution in [2.24, 2.45) is 7.05 Å². The van der Waals surface area contributed by atoms with Gasteiger partial charge in [0, 0.05) is 52.4 Å². The standard InChI is InChI=1S/C17H26N4O3/c1-19-13-18-12-15(19)17(23)21(14-5-10-24-11-6-14)9-3-8-20-7-2-4-16(20)22/h12-14H,2-11H2,1H3. The number of likely N-dealkylation sites (tertiary alicyclic amines) is 1. The van der Waals surface area contributed by atoms with Gasteiger partial charge in [0.15, 0.2) is 0 Å². The summed E-state index contributed by atoms with van der Waals surface area (Å²) in [5, 5.41) is 0. The Balaban J connectivity index is 1.64. The summed E-state index contributed by atoms with van der Waals surface area (Å²) >= 11 is 0. The third-order valence-electron chi connectivity index (χ3n) is 4.93. The average molecular weight is 334 g/mol. The Bertz CT molecular complexity index is 580. The van der Waals surface area contributed by atoms with Gasteiger partial charge in [0.25, 0.3) is 5.91 Å². The highest BCUT2D eigenvalue weighted by molar-refractivity contribution is 5.92. The van der Waals surface area contributed by atoms with Crippen LogP contribution in [-0.2, 0) is 16.6 Å². The molecule has 0 N–H and O–H groups in total. The van der Waals surface area contributed by atoms with E-state index in [-0.39, 0.29) is 17.9 Å². The van der Waals surface area contributed by atoms with Gasteiger partial charge in [0.1, 0.15) is 5.69 Å². The number of amides is 2. The molecule has 3 rings (SSSR count). The molecule has 7 nitrogen and oxygen atoms in total. The van der Waals surface area contributed by atoms with Crippen LogP contribution in [0.2, 0.25) is 0 Å². The van der Waals surface area contributed by atoms with Crippen molar-refractivity contribution in [3.05, 3.63) is 18.2 Å². The topological polar surface area (TPSA) is 67.7 Å². The highest BCUT2D eigenvalue weighted by atomic mass is 16.5. The molecule has 3 heterocycles. The maximum Gasteiger partial charge on any atom is 0.272 e. The molecular weight excluding hydrogens is 308 g/mol. The van der Waals surface area contributed by atoms with Crippen molar-refractivity contribution in [3.8, 4) is 0 Å². The fourth-order valence-electron chi connectivity index (χ4n) is 3.53. The smallest absolute Gasteiger partial charge is 0.272 e. The first-order valence-corrected chi connectivity index (χ1v) is 8.79. The average Bonchev–Trinajstić information content (AvgIpc) is 3.20. The van der Waals surface area contributed by atoms with Crippen LogP contribution in [0.3, 0.4) is 0 Å². The molecule has 0 radical (unpaired) electrons. The van der Waals surface area contributed by atoms with E-state index in [4.69, 9.17) is 4.74 Å². The second kappa shape index (κ2) is 7.79. The van der Waals surface area contributed by atoms with Crippen molar-refractivity contribution >= 4 is 11.8 Å². The normalized spacial score (nSPS) is 19.0. The minimum Gasteiger partial charge on any atom is -0.381 e. The summed E-state index contributed by atoms with van der Waals surface area (Å²) in [6.45, 7) is 3.65. The summed E-state index contributed by atoms with van der Waals surface area (Å²) in [6.07, 6.45) is 7.44. The van der Waals surface area contributed by atoms with Crippen molar-refractivity contribution in [1.82, 2.24) is 19.4 Å². The summed E-state index contributed by atoms with van der Waals surface area (Å²) in [6, 6.07) is 0.204. The highest BCUT2D eigenvalue weighted by Crippen LogP contribution is 2.18. The van der Waals surface area contributed by atoms with E-state index in [1.54, 1.807) is 17.1 Å². The first-order chi connectivity index (χ1) is 11.7. The number of carbonyl (C=O) groups excluding carboxylic acids is 2. The van der Waals surface area contributed by atoms with Gasteiger partial charge >= 0.3 is 0 Å². The molecule has 2 aliphatic rings. The Hall–Kier alpha value is -1.89. The van der Waals surface area contributed by atoms with Crippen LogP contribution < -0.4 is 0 Å². The number of aromatic nitrogens is 2. The van der Waals surface area contributed by atoms with Crippen LogP contribution in [0.15, 0.2) is 12.5 Å². The maximum atomic E-state index is 13.0. The second-order valence-corrected chi connectivity index (χ2v) is 6.57. The van der Waals surface area contributed by atoms with Crippen LogP contribution in [-0.4, -0.2) is 70.1 Å². The number of ether oxygens (including phenoxy) is 1. The van der Waals surface area contributed by atoms with E-state index < -0.39 is 0 Å². The first kappa shape index (κ1) is 17.0. The van der Waals surface area contributed by atoms with E-state index in [0.29, 0.717) is 31.9 Å². The lowest BCUT2D eigenvalue weighted by molar-refractivity contribution is -0.127. The van der Waals surface area contributed by atoms with Gasteiger partial charge in [-0.05, 0) is 25.7 Å². The molecule has 0 spiro atoms. The summed E-state index contributed by atoms with van der Waals surface area (Å²) < 4.78 is 7.20. The van der Waals surface area contributed by atoms with Gasteiger partial charge in [-0.3, -0.25) is 9.59 Å². The second-order valence-electron chi connectivity index (χ2n) is 6.57. The monoisotopic (exact) mass is 334 g/mol. The zero-order valence-electron chi connectivity index (χ0n) is 14.3. The van der Waals surface area contributed by atoms with Crippen LogP contribution >= 0.6 is 0 Å². The van der Waals surface area contributed by atoms with Gasteiger partial charge in [0.2, 0.25) is 5.91 Å². The lowest BCUT2D eigenvalue weighted by Gasteiger charge is -2.34. The molecular formula is C17H26N4O3. The Morgan fingerprint density at radius 1 is 1.42 bits per heavy atom. The molecule has 2 saturated heterocycles. The predicted molar refractivity (Wildman–Crippen MR) is 88.5 cm³/mol. The quantitative estimate of drug-likeness (QED) is 0.780. The third kappa shape index (κ3) is 3.77. The van der Waals surface area contributed by atoms with E-state index in [1.165, 1.54) is 0 Å². The van der Waals surface area contributed by atoms with Crippen molar-refractivity contribution in [2.45, 2.75) is 38.1 Å². The molecule has 1 aromatic rings. The van der Waals surface area contributed by atoms with Crippen molar-refractivity contribution in [2.75, 3.05) is 32.8 Å². The van der Waals surface area contributed by atoms with E-state index in [1.807, 2.05) is 16.8 Å². The SMILES string of the molecule is Cn1cncc1C(=O)N(CCCN1CCCC1=O)C1CCOCC1. The minimum absolute atomic E-state index is 0.0228. The Morgan fingerprint density at radius 3 is 2.83 bits per heavy atom. The fourth-order valence-corrected chi connectivity index (χ4v) is 3.53. The molecule has 0 bridgehead atoms. The molecule has 0 aliphatic carbocycles. The number of carbonyl (C=O) groups is 2. The van der Waals surface area contributed by atoms with E-state index in [9.17, 15) is 9.59 Å². The molecule has 2 amide bonds. The largest absolute Gasteiger partial charge is 0.381 e. The molecule has 0 atom stereocenters. The molecule has 0 saturated carbocycles. The van der Waals surface area contributed by atoms with E-state index in [0.717, 1.165) is 38.8 Å². The molecule has 24 heavy (non-hydrogen) atoms. The van der Waals surface area contributed by atoms with Crippen LogP contribution in [0.25, 0.3) is 0 Å². The molecule has 2 fully saturated rings. The first-order valence-electron chi connectivity index (χ1n) is 8.79. The predicted octanol–water partition coefficient (Wildman–Crippen LogP) is 1.05. The van der Waals surface area contributed by atoms with Crippen LogP contribution in [0.5, 0.6) is 0 Å². The maximum absolute atomic E-state index is 13.0. The van der Waals surface area contributed by atoms with Gasteiger partial charge in [0.05, 0.1) is 12.5 Å². The van der Waals surface area contributed by atoms with Gasteiger partial charge < -0.3 is 19.1 Å². The third-order valence-corrected chi connectivity index (χ3v) is 4.93. The molecule has 7 heteroatoms. The summed E-state index contributed by atoms with van der Waals surface area (Å²) in [4.78, 5) is 32.6. The minimum atomic E-state index is 0.0228. The van der Waals surface area contributed by atoms with Gasteiger partial charge in [-0.2, -0.15) is 0 Å². The van der Waals surface area contributed by atoms with Gasteiger partial charge in [-0.1, -0.05) is 0 Å². The molecule has 0 aromatic carbocycles. The number of hydrogen-bond donors (Lipinski definition) is 0. The molecule has 132 valence electrons. The van der Waals surface area contributed by atoms with Crippen LogP contribution in [0.1, 0.15) is 42.6 Å². The zero-order valence-corrected chi connectivity index (χ0v) is 14.3. The lowest BCUT2D eigenvalue weighted by Crippen LogP contribution is -2.45. The summed E-state index contributed by atoms with van der Waals surface area (Å²) in [5.41, 5.74) is 0.610. The number of hydrogen-bond acceptors (Lipinski definition) is 4. The fraction of sp³-hybridized carbons (Fsp3) is 0.706. The molecule has 2 aliphatic heterocycles. The summed E-state index contributed by atoms with van der Waals surface area (Å²) in [5.74, 6) is 0.264. The number of nitrogens with zero attached hydrogens (tertiary/aromatic N) is 4. The van der Waals surface area contributed by atoms with Crippen molar-refractivity contribution in [1.29, 1.82) is 0 Å².